The molecule has 3 aromatic heterocycles. The number of fused-ring (bicyclic) bond motifs is 1. The van der Waals surface area contributed by atoms with Crippen LogP contribution in [0.5, 0.6) is 0 Å². The summed E-state index contributed by atoms with van der Waals surface area (Å²) in [5, 5.41) is 5.24. The maximum absolute atomic E-state index is 13.0. The number of rotatable bonds is 4. The van der Waals surface area contributed by atoms with Crippen LogP contribution in [0, 0.1) is 0 Å². The Labute approximate surface area is 167 Å². The number of carbonyl (C=O) groups excluding carboxylic acids is 1. The van der Waals surface area contributed by atoms with Gasteiger partial charge in [-0.1, -0.05) is 17.7 Å². The molecule has 3 heterocycles. The van der Waals surface area contributed by atoms with E-state index in [1.807, 2.05) is 17.5 Å². The monoisotopic (exact) mass is 414 g/mol. The van der Waals surface area contributed by atoms with E-state index in [1.54, 1.807) is 35.9 Å². The quantitative estimate of drug-likeness (QED) is 0.538. The first kappa shape index (κ1) is 18.3. The Morgan fingerprint density at radius 3 is 2.64 bits per heavy atom. The molecule has 0 saturated carbocycles. The Morgan fingerprint density at radius 1 is 1.21 bits per heavy atom. The second-order valence-corrected chi connectivity index (χ2v) is 7.66. The molecule has 0 aliphatic heterocycles. The number of hydrogen-bond donors (Lipinski definition) is 2. The largest absolute Gasteiger partial charge is 0.347 e. The molecule has 28 heavy (non-hydrogen) atoms. The Bertz CT molecular complexity index is 1280. The van der Waals surface area contributed by atoms with Crippen LogP contribution in [0.15, 0.2) is 57.6 Å². The van der Waals surface area contributed by atoms with Gasteiger partial charge in [0.1, 0.15) is 5.52 Å². The maximum Gasteiger partial charge on any atom is 0.333 e. The van der Waals surface area contributed by atoms with Crippen LogP contribution in [-0.4, -0.2) is 20.0 Å². The molecule has 0 saturated heterocycles. The number of carbonyl (C=O) groups is 1. The van der Waals surface area contributed by atoms with Gasteiger partial charge in [-0.3, -0.25) is 9.59 Å². The third-order valence-electron chi connectivity index (χ3n) is 4.36. The van der Waals surface area contributed by atoms with E-state index in [0.717, 1.165) is 9.44 Å². The highest BCUT2D eigenvalue weighted by Crippen LogP contribution is 2.16. The summed E-state index contributed by atoms with van der Waals surface area (Å²) in [7, 11) is 1.66. The molecule has 4 aromatic rings. The van der Waals surface area contributed by atoms with Gasteiger partial charge in [0.15, 0.2) is 0 Å². The minimum absolute atomic E-state index is 0.214. The van der Waals surface area contributed by atoms with E-state index in [0.29, 0.717) is 17.3 Å². The summed E-state index contributed by atoms with van der Waals surface area (Å²) in [5.41, 5.74) is -0.0598. The number of aromatic amines is 1. The van der Waals surface area contributed by atoms with Crippen molar-refractivity contribution in [1.82, 2.24) is 19.4 Å². The molecule has 1 aromatic carbocycles. The predicted octanol–water partition coefficient (Wildman–Crippen LogP) is 2.66. The average molecular weight is 415 g/mol. The summed E-state index contributed by atoms with van der Waals surface area (Å²) in [6, 6.07) is 10.2. The molecule has 142 valence electrons. The van der Waals surface area contributed by atoms with Gasteiger partial charge >= 0.3 is 5.69 Å². The van der Waals surface area contributed by atoms with Crippen molar-refractivity contribution in [2.24, 2.45) is 7.05 Å². The molecular weight excluding hydrogens is 400 g/mol. The zero-order valence-corrected chi connectivity index (χ0v) is 16.3. The molecule has 9 heteroatoms. The number of benzene rings is 1. The smallest absolute Gasteiger partial charge is 0.333 e. The highest BCUT2D eigenvalue weighted by Gasteiger charge is 2.20. The van der Waals surface area contributed by atoms with E-state index < -0.39 is 11.2 Å². The van der Waals surface area contributed by atoms with Gasteiger partial charge in [-0.2, -0.15) is 0 Å². The molecule has 0 aliphatic carbocycles. The van der Waals surface area contributed by atoms with Gasteiger partial charge < -0.3 is 14.9 Å². The van der Waals surface area contributed by atoms with Crippen LogP contribution in [0.3, 0.4) is 0 Å². The van der Waals surface area contributed by atoms with Crippen molar-refractivity contribution in [1.29, 1.82) is 0 Å². The number of aromatic nitrogens is 3. The second kappa shape index (κ2) is 7.14. The topological polar surface area (TPSA) is 88.9 Å². The first-order valence-electron chi connectivity index (χ1n) is 8.36. The number of halogens is 1. The molecule has 2 N–H and O–H groups in total. The number of aryl methyl sites for hydroxylation is 1. The minimum atomic E-state index is -0.627. The second-order valence-electron chi connectivity index (χ2n) is 6.19. The summed E-state index contributed by atoms with van der Waals surface area (Å²) >= 11 is 7.42. The molecule has 0 bridgehead atoms. The number of thiophene rings is 1. The van der Waals surface area contributed by atoms with Gasteiger partial charge in [0.2, 0.25) is 0 Å². The lowest BCUT2D eigenvalue weighted by atomic mass is 10.2. The molecule has 7 nitrogen and oxygen atoms in total. The summed E-state index contributed by atoms with van der Waals surface area (Å²) in [6.07, 6.45) is 1.54. The van der Waals surface area contributed by atoms with E-state index in [2.05, 4.69) is 10.3 Å². The SMILES string of the molecule is Cn1cc(C(=O)NCc2cccs2)c2[nH]c(=O)n(-c3ccc(Cl)cc3)c(=O)c21. The Balaban J connectivity index is 1.79. The lowest BCUT2D eigenvalue weighted by Gasteiger charge is -2.06. The summed E-state index contributed by atoms with van der Waals surface area (Å²) in [4.78, 5) is 41.9. The van der Waals surface area contributed by atoms with Gasteiger partial charge in [-0.15, -0.1) is 11.3 Å². The lowest BCUT2D eigenvalue weighted by Crippen LogP contribution is -2.34. The van der Waals surface area contributed by atoms with Crippen molar-refractivity contribution >= 4 is 39.9 Å². The molecule has 0 unspecified atom stereocenters. The van der Waals surface area contributed by atoms with Crippen molar-refractivity contribution < 1.29 is 4.79 Å². The summed E-state index contributed by atoms with van der Waals surface area (Å²) in [6.45, 7) is 0.374. The molecule has 0 aliphatic rings. The van der Waals surface area contributed by atoms with Crippen LogP contribution >= 0.6 is 22.9 Å². The maximum atomic E-state index is 13.0. The summed E-state index contributed by atoms with van der Waals surface area (Å²) < 4.78 is 2.56. The molecule has 0 atom stereocenters. The van der Waals surface area contributed by atoms with E-state index in [1.165, 1.54) is 17.5 Å². The molecule has 1 amide bonds. The third-order valence-corrected chi connectivity index (χ3v) is 5.48. The zero-order valence-electron chi connectivity index (χ0n) is 14.7. The van der Waals surface area contributed by atoms with Crippen LogP contribution < -0.4 is 16.6 Å². The molecule has 0 fully saturated rings. The van der Waals surface area contributed by atoms with Gasteiger partial charge in [-0.05, 0) is 35.7 Å². The Morgan fingerprint density at radius 2 is 1.96 bits per heavy atom. The fourth-order valence-electron chi connectivity index (χ4n) is 3.04. The fourth-order valence-corrected chi connectivity index (χ4v) is 3.82. The molecule has 0 spiro atoms. The van der Waals surface area contributed by atoms with Gasteiger partial charge in [0.25, 0.3) is 11.5 Å². The predicted molar refractivity (Wildman–Crippen MR) is 110 cm³/mol. The van der Waals surface area contributed by atoms with Crippen LogP contribution in [0.25, 0.3) is 16.7 Å². The van der Waals surface area contributed by atoms with Crippen molar-refractivity contribution in [3.63, 3.8) is 0 Å². The number of amides is 1. The van der Waals surface area contributed by atoms with Crippen LogP contribution in [0.1, 0.15) is 15.2 Å². The Kier molecular flexibility index (Phi) is 4.66. The van der Waals surface area contributed by atoms with E-state index >= 15 is 0 Å². The van der Waals surface area contributed by atoms with E-state index in [9.17, 15) is 14.4 Å². The van der Waals surface area contributed by atoms with E-state index in [-0.39, 0.29) is 22.5 Å². The fraction of sp³-hybridized carbons (Fsp3) is 0.105. The normalized spacial score (nSPS) is 11.1. The first-order chi connectivity index (χ1) is 13.5. The summed E-state index contributed by atoms with van der Waals surface area (Å²) in [5.74, 6) is -0.363. The third kappa shape index (κ3) is 3.17. The van der Waals surface area contributed by atoms with Crippen molar-refractivity contribution in [2.45, 2.75) is 6.54 Å². The van der Waals surface area contributed by atoms with Crippen LogP contribution in [0.4, 0.5) is 0 Å². The minimum Gasteiger partial charge on any atom is -0.347 e. The number of nitrogens with one attached hydrogen (secondary N) is 2. The highest BCUT2D eigenvalue weighted by atomic mass is 35.5. The van der Waals surface area contributed by atoms with Crippen LogP contribution in [0.2, 0.25) is 5.02 Å². The van der Waals surface area contributed by atoms with Gasteiger partial charge in [0.05, 0.1) is 23.3 Å². The van der Waals surface area contributed by atoms with Gasteiger partial charge in [0, 0.05) is 23.1 Å². The van der Waals surface area contributed by atoms with Crippen molar-refractivity contribution in [3.8, 4) is 5.69 Å². The van der Waals surface area contributed by atoms with Crippen molar-refractivity contribution in [3.05, 3.63) is 84.3 Å². The molecule has 4 rings (SSSR count). The highest BCUT2D eigenvalue weighted by molar-refractivity contribution is 7.09. The Hall–Kier alpha value is -3.10. The first-order valence-corrected chi connectivity index (χ1v) is 9.62. The number of hydrogen-bond acceptors (Lipinski definition) is 4. The molecule has 0 radical (unpaired) electrons. The lowest BCUT2D eigenvalue weighted by molar-refractivity contribution is 0.0952. The number of H-pyrrole nitrogens is 1. The number of nitrogens with zero attached hydrogens (tertiary/aromatic N) is 2. The average Bonchev–Trinajstić information content (AvgIpc) is 3.29. The standard InChI is InChI=1S/C19H15ClN4O3S/c1-23-10-14(17(25)21-9-13-3-2-8-28-13)15-16(23)18(26)24(19(27)22-15)12-6-4-11(20)5-7-12/h2-8,10H,9H2,1H3,(H,21,25)(H,22,27). The van der Waals surface area contributed by atoms with Crippen LogP contribution in [-0.2, 0) is 13.6 Å². The molecular formula is C19H15ClN4O3S. The zero-order chi connectivity index (χ0) is 19.8. The van der Waals surface area contributed by atoms with Gasteiger partial charge in [-0.25, -0.2) is 9.36 Å². The van der Waals surface area contributed by atoms with Crippen molar-refractivity contribution in [2.75, 3.05) is 0 Å². The van der Waals surface area contributed by atoms with E-state index in [4.69, 9.17) is 11.6 Å².